The van der Waals surface area contributed by atoms with Gasteiger partial charge < -0.3 is 0 Å². The van der Waals surface area contributed by atoms with Crippen molar-refractivity contribution in [3.8, 4) is 17.2 Å². The Morgan fingerprint density at radius 2 is 2.20 bits per heavy atom. The maximum absolute atomic E-state index is 7.59. The van der Waals surface area contributed by atoms with E-state index in [2.05, 4.69) is 17.9 Å². The molecule has 5 heavy (non-hydrogen) atoms. The largest absolute Gasteiger partial charge is 0.183 e. The van der Waals surface area contributed by atoms with Crippen LogP contribution in [0.15, 0.2) is 0 Å². The van der Waals surface area contributed by atoms with Crippen LogP contribution in [0, 0.1) is 22.5 Å². The number of hydrogen-bond donors (Lipinski definition) is 1. The monoisotopic (exact) mass is 83.0 g/mol. The summed E-state index contributed by atoms with van der Waals surface area (Å²) >= 11 is 3.42. The van der Waals surface area contributed by atoms with Crippen LogP contribution in [0.4, 0.5) is 0 Å². The van der Waals surface area contributed by atoms with Crippen molar-refractivity contribution >= 4 is 12.6 Å². The highest BCUT2D eigenvalue weighted by molar-refractivity contribution is 7.85. The Kier molecular flexibility index (Phi) is 2.99. The molecule has 0 spiro atoms. The van der Waals surface area contributed by atoms with E-state index in [1.807, 2.05) is 5.92 Å². The van der Waals surface area contributed by atoms with Crippen molar-refractivity contribution in [2.75, 3.05) is 0 Å². The molecule has 0 heterocycles. The summed E-state index contributed by atoms with van der Waals surface area (Å²) in [6.45, 7) is 0. The van der Waals surface area contributed by atoms with Gasteiger partial charge in [-0.05, 0) is 5.25 Å². The summed E-state index contributed by atoms with van der Waals surface area (Å²) in [6, 6.07) is 1.58. The molecule has 0 radical (unpaired) electrons. The van der Waals surface area contributed by atoms with E-state index in [-0.39, 0.29) is 0 Å². The molecule has 0 aliphatic heterocycles. The molecular formula is C3HNS. The smallest absolute Gasteiger partial charge is 0.153 e. The van der Waals surface area contributed by atoms with Crippen LogP contribution >= 0.6 is 12.6 Å². The molecule has 0 fully saturated rings. The van der Waals surface area contributed by atoms with Gasteiger partial charge in [0.15, 0.2) is 6.07 Å². The van der Waals surface area contributed by atoms with Crippen molar-refractivity contribution in [1.82, 2.24) is 0 Å². The van der Waals surface area contributed by atoms with Crippen LogP contribution in [0.2, 0.25) is 0 Å². The van der Waals surface area contributed by atoms with Crippen LogP contribution in [-0.4, -0.2) is 0 Å². The lowest BCUT2D eigenvalue weighted by atomic mass is 10.8. The minimum Gasteiger partial charge on any atom is -0.183 e. The third-order valence-electron chi connectivity index (χ3n) is 0.112. The lowest BCUT2D eigenvalue weighted by Crippen LogP contribution is -1.33. The molecule has 24 valence electrons. The third-order valence-corrected chi connectivity index (χ3v) is 0.224. The number of nitrogens with zero attached hydrogens (tertiary/aromatic N) is 1. The van der Waals surface area contributed by atoms with E-state index in [1.165, 1.54) is 0 Å². The van der Waals surface area contributed by atoms with Crippen molar-refractivity contribution in [3.63, 3.8) is 0 Å². The quantitative estimate of drug-likeness (QED) is 0.332. The second-order valence-corrected chi connectivity index (χ2v) is 0.572. The van der Waals surface area contributed by atoms with Crippen molar-refractivity contribution in [2.24, 2.45) is 0 Å². The van der Waals surface area contributed by atoms with Crippen molar-refractivity contribution in [1.29, 1.82) is 5.26 Å². The molecule has 0 aromatic heterocycles. The average Bonchev–Trinajstić information content (AvgIpc) is 1.41. The molecule has 0 unspecified atom stereocenters. The zero-order valence-electron chi connectivity index (χ0n) is 2.39. The van der Waals surface area contributed by atoms with Gasteiger partial charge in [0.25, 0.3) is 0 Å². The molecule has 1 nitrogen and oxygen atoms in total. The molecule has 0 bridgehead atoms. The van der Waals surface area contributed by atoms with E-state index in [1.54, 1.807) is 6.07 Å². The highest BCUT2D eigenvalue weighted by Gasteiger charge is 1.41. The molecule has 0 rings (SSSR count). The molecule has 0 aliphatic rings. The van der Waals surface area contributed by atoms with Gasteiger partial charge in [-0.3, -0.25) is 0 Å². The topological polar surface area (TPSA) is 23.8 Å². The van der Waals surface area contributed by atoms with Crippen molar-refractivity contribution < 1.29 is 0 Å². The van der Waals surface area contributed by atoms with Crippen molar-refractivity contribution in [3.05, 3.63) is 0 Å². The standard InChI is InChI=1S/C3HNS/c4-2-1-3-5/h5H. The maximum Gasteiger partial charge on any atom is 0.153 e. The highest BCUT2D eigenvalue weighted by atomic mass is 32.1. The second-order valence-electron chi connectivity index (χ2n) is 0.349. The van der Waals surface area contributed by atoms with Gasteiger partial charge in [-0.25, -0.2) is 0 Å². The Balaban J connectivity index is 3.30. The first kappa shape index (κ1) is 4.40. The highest BCUT2D eigenvalue weighted by Crippen LogP contribution is 1.54. The first-order valence-electron chi connectivity index (χ1n) is 0.947. The number of nitriles is 1. The minimum atomic E-state index is 1.58. The predicted molar refractivity (Wildman–Crippen MR) is 22.4 cm³/mol. The molecule has 0 aromatic rings. The first-order valence-corrected chi connectivity index (χ1v) is 1.39. The minimum absolute atomic E-state index is 1.58. The van der Waals surface area contributed by atoms with Gasteiger partial charge in [0.1, 0.15) is 0 Å². The van der Waals surface area contributed by atoms with E-state index in [0.29, 0.717) is 0 Å². The van der Waals surface area contributed by atoms with Crippen LogP contribution in [0.3, 0.4) is 0 Å². The Morgan fingerprint density at radius 3 is 2.20 bits per heavy atom. The first-order chi connectivity index (χ1) is 2.41. The number of rotatable bonds is 0. The summed E-state index contributed by atoms with van der Waals surface area (Å²) in [7, 11) is 0. The Morgan fingerprint density at radius 1 is 1.60 bits per heavy atom. The summed E-state index contributed by atoms with van der Waals surface area (Å²) in [5, 5.41) is 9.69. The zero-order chi connectivity index (χ0) is 4.12. The normalized spacial score (nSPS) is 3.20. The van der Waals surface area contributed by atoms with Crippen molar-refractivity contribution in [2.45, 2.75) is 0 Å². The fourth-order valence-electron chi connectivity index (χ4n) is 0.0250. The van der Waals surface area contributed by atoms with E-state index in [9.17, 15) is 0 Å². The summed E-state index contributed by atoms with van der Waals surface area (Å²) in [6.07, 6.45) is 0. The molecule has 0 amide bonds. The number of thiol groups is 1. The van der Waals surface area contributed by atoms with Gasteiger partial charge in [0.05, 0.1) is 0 Å². The lowest BCUT2D eigenvalue weighted by molar-refractivity contribution is 1.55. The average molecular weight is 83.1 g/mol. The van der Waals surface area contributed by atoms with E-state index in [0.717, 1.165) is 0 Å². The second kappa shape index (κ2) is 3.40. The molecular weight excluding hydrogens is 82.1 g/mol. The van der Waals surface area contributed by atoms with Gasteiger partial charge in [0.2, 0.25) is 0 Å². The third kappa shape index (κ3) is 3.40. The summed E-state index contributed by atoms with van der Waals surface area (Å²) in [5.74, 6) is 2.03. The Bertz CT molecular complexity index is 100. The molecule has 0 N–H and O–H groups in total. The predicted octanol–water partition coefficient (Wildman–Crippen LogP) is 0.401. The van der Waals surface area contributed by atoms with Crippen LogP contribution in [-0.2, 0) is 0 Å². The van der Waals surface area contributed by atoms with E-state index >= 15 is 0 Å². The molecule has 2 heteroatoms. The Labute approximate surface area is 36.0 Å². The summed E-state index contributed by atoms with van der Waals surface area (Å²) in [5.41, 5.74) is 0. The number of hydrogen-bond acceptors (Lipinski definition) is 2. The fraction of sp³-hybridized carbons (Fsp3) is 0. The van der Waals surface area contributed by atoms with Gasteiger partial charge >= 0.3 is 0 Å². The lowest BCUT2D eigenvalue weighted by Gasteiger charge is -1.37. The van der Waals surface area contributed by atoms with Gasteiger partial charge in [-0.2, -0.15) is 5.26 Å². The fourth-order valence-corrected chi connectivity index (χ4v) is 0.0750. The molecule has 0 aliphatic carbocycles. The van der Waals surface area contributed by atoms with Crippen LogP contribution in [0.25, 0.3) is 0 Å². The van der Waals surface area contributed by atoms with E-state index < -0.39 is 0 Å². The summed E-state index contributed by atoms with van der Waals surface area (Å²) < 4.78 is 0. The Hall–Kier alpha value is -0.600. The molecule has 0 saturated heterocycles. The molecule has 0 atom stereocenters. The van der Waals surface area contributed by atoms with Crippen LogP contribution in [0.5, 0.6) is 0 Å². The SMILES string of the molecule is N#CC#CS. The van der Waals surface area contributed by atoms with E-state index in [4.69, 9.17) is 5.26 Å². The van der Waals surface area contributed by atoms with Gasteiger partial charge in [0, 0.05) is 5.92 Å². The van der Waals surface area contributed by atoms with Gasteiger partial charge in [-0.1, -0.05) is 12.6 Å². The summed E-state index contributed by atoms with van der Waals surface area (Å²) in [4.78, 5) is 0. The molecule has 0 aromatic carbocycles. The molecule has 0 saturated carbocycles. The zero-order valence-corrected chi connectivity index (χ0v) is 3.29. The maximum atomic E-state index is 7.59. The van der Waals surface area contributed by atoms with Gasteiger partial charge in [-0.15, -0.1) is 0 Å². The van der Waals surface area contributed by atoms with Crippen LogP contribution < -0.4 is 0 Å². The van der Waals surface area contributed by atoms with Crippen LogP contribution in [0.1, 0.15) is 0 Å².